The second-order valence-corrected chi connectivity index (χ2v) is 5.54. The van der Waals surface area contributed by atoms with Crippen LogP contribution in [0.1, 0.15) is 72.1 Å². The molecule has 0 saturated heterocycles. The summed E-state index contributed by atoms with van der Waals surface area (Å²) in [6.45, 7) is 7.58. The smallest absolute Gasteiger partial charge is 0.677 e. The minimum Gasteiger partial charge on any atom is -0.677 e. The van der Waals surface area contributed by atoms with Gasteiger partial charge in [0, 0.05) is 0 Å². The van der Waals surface area contributed by atoms with Crippen LogP contribution in [-0.4, -0.2) is 6.54 Å². The zero-order valence-electron chi connectivity index (χ0n) is 11.4. The quantitative estimate of drug-likeness (QED) is 0.428. The molecule has 1 nitrogen and oxygen atoms in total. The van der Waals surface area contributed by atoms with Crippen molar-refractivity contribution in [1.82, 2.24) is 0 Å². The van der Waals surface area contributed by atoms with E-state index in [1.165, 1.54) is 44.9 Å². The van der Waals surface area contributed by atoms with Crippen LogP contribution in [0.5, 0.6) is 0 Å². The van der Waals surface area contributed by atoms with E-state index in [0.717, 1.165) is 6.42 Å². The Morgan fingerprint density at radius 2 is 1.13 bits per heavy atom. The van der Waals surface area contributed by atoms with Crippen molar-refractivity contribution in [2.24, 2.45) is 5.41 Å². The second-order valence-electron chi connectivity index (χ2n) is 5.54. The topological polar surface area (TPSA) is 23.8 Å². The van der Waals surface area contributed by atoms with Gasteiger partial charge >= 0.3 is 18.9 Å². The number of hydrogen-bond donors (Lipinski definition) is 0. The van der Waals surface area contributed by atoms with E-state index in [4.69, 9.17) is 5.73 Å². The summed E-state index contributed by atoms with van der Waals surface area (Å²) in [4.78, 5) is 0. The average molecular weight is 205 g/mol. The summed E-state index contributed by atoms with van der Waals surface area (Å²) in [6, 6.07) is 0. The Hall–Kier alpha value is 0.557. The molecule has 0 unspecified atom stereocenters. The summed E-state index contributed by atoms with van der Waals surface area (Å²) in [6.07, 6.45) is 10.6. The van der Waals surface area contributed by atoms with Gasteiger partial charge in [0.1, 0.15) is 0 Å². The Kier molecular flexibility index (Phi) is 13.2. The van der Waals surface area contributed by atoms with E-state index in [9.17, 15) is 0 Å². The van der Waals surface area contributed by atoms with Crippen LogP contribution in [0.3, 0.4) is 0 Å². The molecule has 0 rings (SSSR count). The summed E-state index contributed by atoms with van der Waals surface area (Å²) in [7, 11) is 0. The van der Waals surface area contributed by atoms with Crippen LogP contribution in [0, 0.1) is 5.41 Å². The Morgan fingerprint density at radius 3 is 1.53 bits per heavy atom. The van der Waals surface area contributed by atoms with Gasteiger partial charge in [-0.15, -0.1) is 0 Å². The summed E-state index contributed by atoms with van der Waals surface area (Å²) >= 11 is 0. The molecule has 2 heteroatoms. The van der Waals surface area contributed by atoms with Crippen molar-refractivity contribution < 1.29 is 18.9 Å². The standard InChI is InChI=1S/C13H28N.Li/c1-13(2,3)11-9-7-5-4-6-8-10-12-14;/h14H,4-12H2,1-3H3;/q-1;+1. The van der Waals surface area contributed by atoms with Crippen molar-refractivity contribution in [3.8, 4) is 0 Å². The predicted octanol–water partition coefficient (Wildman–Crippen LogP) is 2.21. The molecule has 15 heavy (non-hydrogen) atoms. The first-order chi connectivity index (χ1) is 6.56. The summed E-state index contributed by atoms with van der Waals surface area (Å²) in [5.41, 5.74) is 7.54. The van der Waals surface area contributed by atoms with E-state index in [1.807, 2.05) is 0 Å². The van der Waals surface area contributed by atoms with Crippen molar-refractivity contribution in [2.75, 3.05) is 6.54 Å². The van der Waals surface area contributed by atoms with Gasteiger partial charge in [-0.05, 0) is 11.8 Å². The minimum absolute atomic E-state index is 0. The Labute approximate surface area is 109 Å². The summed E-state index contributed by atoms with van der Waals surface area (Å²) < 4.78 is 0. The Balaban J connectivity index is 0. The molecule has 0 aliphatic heterocycles. The van der Waals surface area contributed by atoms with Gasteiger partial charge in [0.15, 0.2) is 0 Å². The zero-order valence-corrected chi connectivity index (χ0v) is 11.4. The van der Waals surface area contributed by atoms with Gasteiger partial charge in [-0.3, -0.25) is 0 Å². The number of unbranched alkanes of at least 4 members (excludes halogenated alkanes) is 6. The molecule has 0 radical (unpaired) electrons. The fraction of sp³-hybridized carbons (Fsp3) is 1.00. The van der Waals surface area contributed by atoms with Crippen LogP contribution >= 0.6 is 0 Å². The molecule has 0 aliphatic rings. The van der Waals surface area contributed by atoms with Gasteiger partial charge in [0.2, 0.25) is 0 Å². The molecule has 1 N–H and O–H groups in total. The van der Waals surface area contributed by atoms with E-state index in [2.05, 4.69) is 20.8 Å². The van der Waals surface area contributed by atoms with Crippen LogP contribution in [-0.2, 0) is 0 Å². The minimum atomic E-state index is 0. The zero-order chi connectivity index (χ0) is 10.9. The monoisotopic (exact) mass is 205 g/mol. The third kappa shape index (κ3) is 17.2. The Morgan fingerprint density at radius 1 is 0.733 bits per heavy atom. The molecule has 0 aromatic rings. The summed E-state index contributed by atoms with van der Waals surface area (Å²) in [5.74, 6) is 0. The van der Waals surface area contributed by atoms with Gasteiger partial charge in [-0.25, -0.2) is 0 Å². The Bertz CT molecular complexity index is 118. The van der Waals surface area contributed by atoms with Gasteiger partial charge in [0.05, 0.1) is 0 Å². The van der Waals surface area contributed by atoms with E-state index in [-0.39, 0.29) is 18.9 Å². The maximum Gasteiger partial charge on any atom is 1.00 e. The molecule has 0 atom stereocenters. The van der Waals surface area contributed by atoms with Crippen molar-refractivity contribution in [3.05, 3.63) is 5.73 Å². The SMILES string of the molecule is CC(C)(C)CCCCCCCCC[NH-].[Li+]. The van der Waals surface area contributed by atoms with Gasteiger partial charge < -0.3 is 5.73 Å². The fourth-order valence-corrected chi connectivity index (χ4v) is 1.66. The first-order valence-corrected chi connectivity index (χ1v) is 6.21. The molecule has 0 heterocycles. The molecule has 0 saturated carbocycles. The van der Waals surface area contributed by atoms with E-state index >= 15 is 0 Å². The molecule has 0 fully saturated rings. The van der Waals surface area contributed by atoms with E-state index in [1.54, 1.807) is 0 Å². The first kappa shape index (κ1) is 17.9. The van der Waals surface area contributed by atoms with E-state index < -0.39 is 0 Å². The molecule has 0 spiro atoms. The molecule has 0 aliphatic carbocycles. The van der Waals surface area contributed by atoms with Crippen molar-refractivity contribution >= 4 is 0 Å². The number of nitrogens with one attached hydrogen (secondary N) is 1. The fourth-order valence-electron chi connectivity index (χ4n) is 1.66. The normalized spacial score (nSPS) is 11.2. The largest absolute Gasteiger partial charge is 1.00 e. The third-order valence-electron chi connectivity index (χ3n) is 2.60. The van der Waals surface area contributed by atoms with Crippen LogP contribution in [0.4, 0.5) is 0 Å². The molecule has 0 amide bonds. The maximum absolute atomic E-state index is 7.02. The summed E-state index contributed by atoms with van der Waals surface area (Å²) in [5, 5.41) is 0. The van der Waals surface area contributed by atoms with Gasteiger partial charge in [-0.1, -0.05) is 65.7 Å². The van der Waals surface area contributed by atoms with Crippen LogP contribution in [0.15, 0.2) is 0 Å². The van der Waals surface area contributed by atoms with Gasteiger partial charge in [-0.2, -0.15) is 6.54 Å². The van der Waals surface area contributed by atoms with Crippen LogP contribution in [0.2, 0.25) is 0 Å². The molecular weight excluding hydrogens is 177 g/mol. The molecular formula is C13H28LiN. The molecule has 0 aromatic heterocycles. The number of rotatable bonds is 8. The van der Waals surface area contributed by atoms with E-state index in [0.29, 0.717) is 12.0 Å². The van der Waals surface area contributed by atoms with Crippen molar-refractivity contribution in [1.29, 1.82) is 0 Å². The molecule has 0 bridgehead atoms. The third-order valence-corrected chi connectivity index (χ3v) is 2.60. The van der Waals surface area contributed by atoms with Crippen LogP contribution < -0.4 is 18.9 Å². The maximum atomic E-state index is 7.02. The first-order valence-electron chi connectivity index (χ1n) is 6.21. The molecule has 0 aromatic carbocycles. The molecule has 86 valence electrons. The van der Waals surface area contributed by atoms with Gasteiger partial charge in [0.25, 0.3) is 0 Å². The van der Waals surface area contributed by atoms with Crippen molar-refractivity contribution in [2.45, 2.75) is 72.1 Å². The second kappa shape index (κ2) is 11.1. The predicted molar refractivity (Wildman–Crippen MR) is 65.6 cm³/mol. The van der Waals surface area contributed by atoms with Crippen LogP contribution in [0.25, 0.3) is 5.73 Å². The number of hydrogen-bond acceptors (Lipinski definition) is 0. The average Bonchev–Trinajstić information content (AvgIpc) is 2.08. The van der Waals surface area contributed by atoms with Crippen molar-refractivity contribution in [3.63, 3.8) is 0 Å².